The van der Waals surface area contributed by atoms with Crippen LogP contribution in [0, 0.1) is 11.2 Å². The molecule has 1 heterocycles. The van der Waals surface area contributed by atoms with E-state index in [0.717, 1.165) is 0 Å². The third kappa shape index (κ3) is 1.76. The monoisotopic (exact) mass is 221 g/mol. The van der Waals surface area contributed by atoms with Crippen molar-refractivity contribution in [1.29, 1.82) is 5.41 Å². The molecule has 2 rings (SSSR count). The molecule has 1 aromatic carbocycles. The van der Waals surface area contributed by atoms with Crippen LogP contribution in [0.15, 0.2) is 24.3 Å². The summed E-state index contributed by atoms with van der Waals surface area (Å²) in [6.07, 6.45) is 0.166. The number of hydrogen-bond donors (Lipinski definition) is 2. The topological polar surface area (TPSA) is 56.2 Å². The summed E-state index contributed by atoms with van der Waals surface area (Å²) in [5.41, 5.74) is 0.425. The Morgan fingerprint density at radius 1 is 1.50 bits per heavy atom. The number of carbonyl (C=O) groups is 1. The fraction of sp³-hybridized carbons (Fsp3) is 0.273. The molecule has 0 aliphatic carbocycles. The molecule has 1 fully saturated rings. The van der Waals surface area contributed by atoms with Gasteiger partial charge in [-0.1, -0.05) is 18.2 Å². The van der Waals surface area contributed by atoms with Gasteiger partial charge >= 0.3 is 0 Å². The standard InChI is InChI=1S/C11H12FN3O/c1-15-10(16)6-9(14-11(15)13)7-4-2-3-5-8(7)12/h2-5,9H,6H2,1H3,(H2,13,14)/t9-/m1/s1. The quantitative estimate of drug-likeness (QED) is 0.750. The zero-order valence-corrected chi connectivity index (χ0v) is 8.83. The van der Waals surface area contributed by atoms with E-state index < -0.39 is 6.04 Å². The van der Waals surface area contributed by atoms with Crippen molar-refractivity contribution >= 4 is 11.9 Å². The van der Waals surface area contributed by atoms with Crippen LogP contribution < -0.4 is 5.32 Å². The summed E-state index contributed by atoms with van der Waals surface area (Å²) < 4.78 is 13.5. The van der Waals surface area contributed by atoms with Crippen LogP contribution in [-0.2, 0) is 4.79 Å². The molecule has 2 N–H and O–H groups in total. The van der Waals surface area contributed by atoms with E-state index >= 15 is 0 Å². The number of nitrogens with one attached hydrogen (secondary N) is 2. The average Bonchev–Trinajstić information content (AvgIpc) is 2.26. The first kappa shape index (κ1) is 10.6. The lowest BCUT2D eigenvalue weighted by Crippen LogP contribution is -2.49. The number of hydrogen-bond acceptors (Lipinski definition) is 2. The van der Waals surface area contributed by atoms with Gasteiger partial charge in [0.05, 0.1) is 12.5 Å². The smallest absolute Gasteiger partial charge is 0.231 e. The molecule has 1 aliphatic heterocycles. The van der Waals surface area contributed by atoms with Gasteiger partial charge in [0.2, 0.25) is 5.91 Å². The number of nitrogens with zero attached hydrogens (tertiary/aromatic N) is 1. The zero-order chi connectivity index (χ0) is 11.7. The summed E-state index contributed by atoms with van der Waals surface area (Å²) in [6, 6.07) is 5.84. The van der Waals surface area contributed by atoms with Crippen LogP contribution in [-0.4, -0.2) is 23.8 Å². The highest BCUT2D eigenvalue weighted by molar-refractivity contribution is 5.98. The molecule has 0 bridgehead atoms. The molecule has 1 atom stereocenters. The van der Waals surface area contributed by atoms with E-state index in [-0.39, 0.29) is 24.1 Å². The Bertz CT molecular complexity index is 429. The Labute approximate surface area is 92.6 Å². The summed E-state index contributed by atoms with van der Waals surface area (Å²) in [4.78, 5) is 12.7. The second kappa shape index (κ2) is 3.92. The van der Waals surface area contributed by atoms with Crippen LogP contribution in [0.1, 0.15) is 18.0 Å². The van der Waals surface area contributed by atoms with Gasteiger partial charge in [0, 0.05) is 12.6 Å². The van der Waals surface area contributed by atoms with Crippen molar-refractivity contribution in [2.24, 2.45) is 0 Å². The van der Waals surface area contributed by atoms with Gasteiger partial charge in [-0.15, -0.1) is 0 Å². The van der Waals surface area contributed by atoms with Crippen molar-refractivity contribution in [3.05, 3.63) is 35.6 Å². The lowest BCUT2D eigenvalue weighted by Gasteiger charge is -2.31. The maximum atomic E-state index is 13.5. The van der Waals surface area contributed by atoms with Gasteiger partial charge in [0.15, 0.2) is 5.96 Å². The van der Waals surface area contributed by atoms with Gasteiger partial charge in [-0.05, 0) is 6.07 Å². The first-order valence-electron chi connectivity index (χ1n) is 4.95. The summed E-state index contributed by atoms with van der Waals surface area (Å²) in [7, 11) is 1.52. The molecule has 16 heavy (non-hydrogen) atoms. The molecule has 1 saturated heterocycles. The van der Waals surface area contributed by atoms with Crippen molar-refractivity contribution < 1.29 is 9.18 Å². The second-order valence-corrected chi connectivity index (χ2v) is 3.72. The normalized spacial score (nSPS) is 20.9. The summed E-state index contributed by atoms with van der Waals surface area (Å²) >= 11 is 0. The largest absolute Gasteiger partial charge is 0.349 e. The van der Waals surface area contributed by atoms with E-state index in [9.17, 15) is 9.18 Å². The van der Waals surface area contributed by atoms with Crippen LogP contribution >= 0.6 is 0 Å². The fourth-order valence-corrected chi connectivity index (χ4v) is 1.69. The van der Waals surface area contributed by atoms with Crippen LogP contribution in [0.4, 0.5) is 4.39 Å². The van der Waals surface area contributed by atoms with Gasteiger partial charge in [0.25, 0.3) is 0 Å². The Hall–Kier alpha value is -1.91. The van der Waals surface area contributed by atoms with Gasteiger partial charge in [-0.3, -0.25) is 15.1 Å². The molecule has 0 unspecified atom stereocenters. The molecule has 1 aliphatic rings. The van der Waals surface area contributed by atoms with Gasteiger partial charge in [-0.2, -0.15) is 0 Å². The van der Waals surface area contributed by atoms with Crippen molar-refractivity contribution in [2.75, 3.05) is 7.05 Å². The lowest BCUT2D eigenvalue weighted by molar-refractivity contribution is -0.128. The predicted molar refractivity (Wildman–Crippen MR) is 57.4 cm³/mol. The molecule has 4 nitrogen and oxygen atoms in total. The third-order valence-corrected chi connectivity index (χ3v) is 2.68. The first-order valence-corrected chi connectivity index (χ1v) is 4.95. The number of carbonyl (C=O) groups excluding carboxylic acids is 1. The predicted octanol–water partition coefficient (Wildman–Crippen LogP) is 1.25. The second-order valence-electron chi connectivity index (χ2n) is 3.72. The van der Waals surface area contributed by atoms with Crippen LogP contribution in [0.2, 0.25) is 0 Å². The van der Waals surface area contributed by atoms with Crippen molar-refractivity contribution in [3.63, 3.8) is 0 Å². The van der Waals surface area contributed by atoms with E-state index in [1.165, 1.54) is 18.0 Å². The van der Waals surface area contributed by atoms with E-state index in [1.54, 1.807) is 18.2 Å². The van der Waals surface area contributed by atoms with Crippen LogP contribution in [0.3, 0.4) is 0 Å². The molecular formula is C11H12FN3O. The maximum absolute atomic E-state index is 13.5. The van der Waals surface area contributed by atoms with E-state index in [1.807, 2.05) is 0 Å². The minimum atomic E-state index is -0.447. The van der Waals surface area contributed by atoms with Crippen molar-refractivity contribution in [2.45, 2.75) is 12.5 Å². The zero-order valence-electron chi connectivity index (χ0n) is 8.83. The minimum Gasteiger partial charge on any atom is -0.349 e. The van der Waals surface area contributed by atoms with Crippen molar-refractivity contribution in [3.8, 4) is 0 Å². The third-order valence-electron chi connectivity index (χ3n) is 2.68. The summed E-state index contributed by atoms with van der Waals surface area (Å²) in [5.74, 6) is -0.536. The molecule has 0 radical (unpaired) electrons. The van der Waals surface area contributed by atoms with Gasteiger partial charge in [-0.25, -0.2) is 4.39 Å². The highest BCUT2D eigenvalue weighted by Crippen LogP contribution is 2.23. The number of amides is 1. The summed E-state index contributed by atoms with van der Waals surface area (Å²) in [5, 5.41) is 10.3. The Kier molecular flexibility index (Phi) is 2.60. The van der Waals surface area contributed by atoms with Crippen LogP contribution in [0.5, 0.6) is 0 Å². The molecule has 0 saturated carbocycles. The summed E-state index contributed by atoms with van der Waals surface area (Å²) in [6.45, 7) is 0. The highest BCUT2D eigenvalue weighted by Gasteiger charge is 2.29. The first-order chi connectivity index (χ1) is 7.59. The Morgan fingerprint density at radius 2 is 2.19 bits per heavy atom. The lowest BCUT2D eigenvalue weighted by atomic mass is 10.0. The Morgan fingerprint density at radius 3 is 2.81 bits per heavy atom. The SMILES string of the molecule is CN1C(=N)N[C@@H](c2ccccc2F)CC1=O. The number of benzene rings is 1. The van der Waals surface area contributed by atoms with E-state index in [4.69, 9.17) is 5.41 Å². The molecule has 1 amide bonds. The number of halogens is 1. The molecule has 1 aromatic rings. The Balaban J connectivity index is 2.27. The molecule has 84 valence electrons. The van der Waals surface area contributed by atoms with E-state index in [2.05, 4.69) is 5.32 Å². The molecular weight excluding hydrogens is 209 g/mol. The van der Waals surface area contributed by atoms with E-state index in [0.29, 0.717) is 5.56 Å². The fourth-order valence-electron chi connectivity index (χ4n) is 1.69. The highest BCUT2D eigenvalue weighted by atomic mass is 19.1. The molecule has 0 aromatic heterocycles. The average molecular weight is 221 g/mol. The van der Waals surface area contributed by atoms with Gasteiger partial charge in [0.1, 0.15) is 5.82 Å². The minimum absolute atomic E-state index is 0.00417. The molecule has 0 spiro atoms. The maximum Gasteiger partial charge on any atom is 0.231 e. The van der Waals surface area contributed by atoms with Gasteiger partial charge < -0.3 is 5.32 Å². The molecule has 5 heteroatoms. The van der Waals surface area contributed by atoms with Crippen molar-refractivity contribution in [1.82, 2.24) is 10.2 Å². The number of rotatable bonds is 1. The van der Waals surface area contributed by atoms with Crippen LogP contribution in [0.25, 0.3) is 0 Å². The number of guanidine groups is 1.